The lowest BCUT2D eigenvalue weighted by Gasteiger charge is -2.33. The van der Waals surface area contributed by atoms with E-state index < -0.39 is 5.92 Å². The predicted molar refractivity (Wildman–Crippen MR) is 106 cm³/mol. The minimum absolute atomic E-state index is 0.0655. The fourth-order valence-electron chi connectivity index (χ4n) is 3.52. The summed E-state index contributed by atoms with van der Waals surface area (Å²) in [6, 6.07) is 7.15. The maximum Gasteiger partial charge on any atom is 0.289 e. The van der Waals surface area contributed by atoms with Gasteiger partial charge in [0.25, 0.3) is 5.91 Å². The molecule has 2 aromatic rings. The number of rotatable bonds is 7. The van der Waals surface area contributed by atoms with E-state index in [9.17, 15) is 9.59 Å². The van der Waals surface area contributed by atoms with E-state index in [0.29, 0.717) is 13.1 Å². The lowest BCUT2D eigenvalue weighted by molar-refractivity contribution is -0.123. The van der Waals surface area contributed by atoms with Crippen molar-refractivity contribution >= 4 is 11.8 Å². The van der Waals surface area contributed by atoms with Gasteiger partial charge in [0.2, 0.25) is 5.91 Å². The van der Waals surface area contributed by atoms with Gasteiger partial charge in [-0.25, -0.2) is 0 Å². The van der Waals surface area contributed by atoms with E-state index in [1.165, 1.54) is 6.26 Å². The minimum Gasteiger partial charge on any atom is -0.459 e. The van der Waals surface area contributed by atoms with E-state index in [-0.39, 0.29) is 23.6 Å². The minimum atomic E-state index is -0.486. The van der Waals surface area contributed by atoms with Crippen LogP contribution in [0.25, 0.3) is 0 Å². The van der Waals surface area contributed by atoms with Crippen LogP contribution < -0.4 is 5.32 Å². The van der Waals surface area contributed by atoms with Crippen LogP contribution in [0.3, 0.4) is 0 Å². The Morgan fingerprint density at radius 1 is 1.36 bits per heavy atom. The highest BCUT2D eigenvalue weighted by Gasteiger charge is 2.35. The van der Waals surface area contributed by atoms with Gasteiger partial charge in [-0.3, -0.25) is 14.6 Å². The topological polar surface area (TPSA) is 78.7 Å². The molecular weight excluding hydrogens is 356 g/mol. The summed E-state index contributed by atoms with van der Waals surface area (Å²) in [7, 11) is 4.08. The number of carbonyl (C=O) groups is 2. The molecule has 1 N–H and O–H groups in total. The van der Waals surface area contributed by atoms with Crippen LogP contribution >= 0.6 is 0 Å². The summed E-state index contributed by atoms with van der Waals surface area (Å²) in [6.45, 7) is 3.71. The molecule has 28 heavy (non-hydrogen) atoms. The molecule has 150 valence electrons. The zero-order valence-corrected chi connectivity index (χ0v) is 16.7. The quantitative estimate of drug-likeness (QED) is 0.792. The Morgan fingerprint density at radius 3 is 2.89 bits per heavy atom. The summed E-state index contributed by atoms with van der Waals surface area (Å²) in [4.78, 5) is 34.0. The first kappa shape index (κ1) is 20.1. The second kappa shape index (κ2) is 9.01. The predicted octanol–water partition coefficient (Wildman–Crippen LogP) is 2.26. The molecule has 0 saturated carbocycles. The standard InChI is InChI=1S/C21H28N4O3/c1-15(7-5-11-24(2)3)23-20(26)17-14-25(21(27)18-9-6-12-28-18)13-16-8-4-10-22-19(16)17/h4,6,8-10,12,15,17H,5,7,11,13-14H2,1-3H3,(H,23,26). The Labute approximate surface area is 165 Å². The fourth-order valence-corrected chi connectivity index (χ4v) is 3.52. The number of fused-ring (bicyclic) bond motifs is 1. The van der Waals surface area contributed by atoms with Gasteiger partial charge >= 0.3 is 0 Å². The van der Waals surface area contributed by atoms with Crippen LogP contribution in [0, 0.1) is 0 Å². The Balaban J connectivity index is 1.71. The molecule has 1 aliphatic rings. The van der Waals surface area contributed by atoms with E-state index in [1.54, 1.807) is 23.2 Å². The molecule has 7 nitrogen and oxygen atoms in total. The highest BCUT2D eigenvalue weighted by atomic mass is 16.3. The summed E-state index contributed by atoms with van der Waals surface area (Å²) in [6.07, 6.45) is 5.09. The van der Waals surface area contributed by atoms with Crippen molar-refractivity contribution < 1.29 is 14.0 Å². The molecule has 2 aromatic heterocycles. The number of nitrogens with zero attached hydrogens (tertiary/aromatic N) is 3. The number of furan rings is 1. The Morgan fingerprint density at radius 2 is 2.18 bits per heavy atom. The zero-order valence-electron chi connectivity index (χ0n) is 16.7. The van der Waals surface area contributed by atoms with Crippen LogP contribution in [-0.2, 0) is 11.3 Å². The van der Waals surface area contributed by atoms with Crippen LogP contribution in [0.4, 0.5) is 0 Å². The molecular formula is C21H28N4O3. The second-order valence-electron chi connectivity index (χ2n) is 7.62. The van der Waals surface area contributed by atoms with Crippen LogP contribution in [0.2, 0.25) is 0 Å². The third kappa shape index (κ3) is 4.78. The number of pyridine rings is 1. The molecule has 0 saturated heterocycles. The molecule has 1 aliphatic heterocycles. The number of carbonyl (C=O) groups excluding carboxylic acids is 2. The maximum atomic E-state index is 13.0. The summed E-state index contributed by atoms with van der Waals surface area (Å²) in [5.74, 6) is -0.505. The first-order valence-corrected chi connectivity index (χ1v) is 9.67. The Bertz CT molecular complexity index is 804. The summed E-state index contributed by atoms with van der Waals surface area (Å²) in [5.41, 5.74) is 1.65. The summed E-state index contributed by atoms with van der Waals surface area (Å²) in [5, 5.41) is 3.10. The smallest absolute Gasteiger partial charge is 0.289 e. The number of amides is 2. The van der Waals surface area contributed by atoms with E-state index >= 15 is 0 Å². The molecule has 7 heteroatoms. The molecule has 0 radical (unpaired) electrons. The zero-order chi connectivity index (χ0) is 20.1. The van der Waals surface area contributed by atoms with Crippen LogP contribution in [0.5, 0.6) is 0 Å². The van der Waals surface area contributed by atoms with Crippen LogP contribution in [0.15, 0.2) is 41.1 Å². The van der Waals surface area contributed by atoms with Gasteiger partial charge in [0.1, 0.15) is 0 Å². The average molecular weight is 384 g/mol. The van der Waals surface area contributed by atoms with Gasteiger partial charge in [-0.2, -0.15) is 0 Å². The van der Waals surface area contributed by atoms with Crippen molar-refractivity contribution in [3.8, 4) is 0 Å². The van der Waals surface area contributed by atoms with Gasteiger partial charge in [-0.05, 0) is 64.2 Å². The number of hydrogen-bond donors (Lipinski definition) is 1. The van der Waals surface area contributed by atoms with Crippen molar-refractivity contribution in [3.63, 3.8) is 0 Å². The van der Waals surface area contributed by atoms with Crippen molar-refractivity contribution in [3.05, 3.63) is 53.7 Å². The van der Waals surface area contributed by atoms with Gasteiger partial charge < -0.3 is 19.5 Å². The molecule has 0 aliphatic carbocycles. The van der Waals surface area contributed by atoms with Crippen molar-refractivity contribution in [2.45, 2.75) is 38.3 Å². The monoisotopic (exact) mass is 384 g/mol. The van der Waals surface area contributed by atoms with E-state index in [1.807, 2.05) is 33.2 Å². The molecule has 2 unspecified atom stereocenters. The SMILES string of the molecule is CC(CCCN(C)C)NC(=O)C1CN(C(=O)c2ccco2)Cc2cccnc21. The third-order valence-corrected chi connectivity index (χ3v) is 4.99. The van der Waals surface area contributed by atoms with Gasteiger partial charge in [0.05, 0.1) is 17.9 Å². The highest BCUT2D eigenvalue weighted by Crippen LogP contribution is 2.28. The molecule has 0 bridgehead atoms. The van der Waals surface area contributed by atoms with Gasteiger partial charge in [0, 0.05) is 25.3 Å². The Hall–Kier alpha value is -2.67. The first-order valence-electron chi connectivity index (χ1n) is 9.67. The number of aromatic nitrogens is 1. The maximum absolute atomic E-state index is 13.0. The van der Waals surface area contributed by atoms with Crippen molar-refractivity contribution in [1.82, 2.24) is 20.1 Å². The lowest BCUT2D eigenvalue weighted by atomic mass is 9.93. The molecule has 0 aromatic carbocycles. The normalized spacial score (nSPS) is 17.3. The molecule has 3 rings (SSSR count). The summed E-state index contributed by atoms with van der Waals surface area (Å²) >= 11 is 0. The lowest BCUT2D eigenvalue weighted by Crippen LogP contribution is -2.46. The molecule has 0 spiro atoms. The van der Waals surface area contributed by atoms with Crippen molar-refractivity contribution in [2.24, 2.45) is 0 Å². The third-order valence-electron chi connectivity index (χ3n) is 4.99. The summed E-state index contributed by atoms with van der Waals surface area (Å²) < 4.78 is 5.25. The number of nitrogens with one attached hydrogen (secondary N) is 1. The van der Waals surface area contributed by atoms with E-state index in [2.05, 4.69) is 15.2 Å². The van der Waals surface area contributed by atoms with Crippen molar-refractivity contribution in [1.29, 1.82) is 0 Å². The Kier molecular flexibility index (Phi) is 6.46. The van der Waals surface area contributed by atoms with Gasteiger partial charge in [0.15, 0.2) is 5.76 Å². The average Bonchev–Trinajstić information content (AvgIpc) is 3.20. The van der Waals surface area contributed by atoms with E-state index in [0.717, 1.165) is 30.6 Å². The number of hydrogen-bond acceptors (Lipinski definition) is 5. The van der Waals surface area contributed by atoms with Crippen molar-refractivity contribution in [2.75, 3.05) is 27.2 Å². The van der Waals surface area contributed by atoms with E-state index in [4.69, 9.17) is 4.42 Å². The molecule has 2 amide bonds. The van der Waals surface area contributed by atoms with Gasteiger partial charge in [-0.1, -0.05) is 6.07 Å². The largest absolute Gasteiger partial charge is 0.459 e. The van der Waals surface area contributed by atoms with Crippen LogP contribution in [-0.4, -0.2) is 59.8 Å². The first-order chi connectivity index (χ1) is 13.5. The fraction of sp³-hybridized carbons (Fsp3) is 0.476. The van der Waals surface area contributed by atoms with Gasteiger partial charge in [-0.15, -0.1) is 0 Å². The highest BCUT2D eigenvalue weighted by molar-refractivity contribution is 5.93. The molecule has 3 heterocycles. The van der Waals surface area contributed by atoms with Crippen LogP contribution in [0.1, 0.15) is 47.5 Å². The second-order valence-corrected chi connectivity index (χ2v) is 7.62. The molecule has 2 atom stereocenters. The molecule has 0 fully saturated rings.